The lowest BCUT2D eigenvalue weighted by atomic mass is 10.1. The Labute approximate surface area is 84.8 Å². The molecule has 1 aromatic heterocycles. The number of fused-ring (bicyclic) bond motifs is 1. The highest BCUT2D eigenvalue weighted by molar-refractivity contribution is 7.99. The summed E-state index contributed by atoms with van der Waals surface area (Å²) in [6.45, 7) is 1.95. The summed E-state index contributed by atoms with van der Waals surface area (Å²) in [5.41, 5.74) is 1.02. The zero-order chi connectivity index (χ0) is 9.42. The molecule has 2 rings (SSSR count). The van der Waals surface area contributed by atoms with Crippen LogP contribution in [-0.4, -0.2) is 6.26 Å². The molecule has 2 aromatic rings. The third kappa shape index (κ3) is 1.36. The van der Waals surface area contributed by atoms with Crippen LogP contribution in [0.15, 0.2) is 22.4 Å². The minimum Gasteiger partial charge on any atom is -0.206 e. The number of rotatable bonds is 1. The second-order valence-corrected chi connectivity index (χ2v) is 4.60. The van der Waals surface area contributed by atoms with Crippen LogP contribution < -0.4 is 0 Å². The average Bonchev–Trinajstić information content (AvgIpc) is 2.53. The van der Waals surface area contributed by atoms with Crippen molar-refractivity contribution in [1.29, 1.82) is 0 Å². The van der Waals surface area contributed by atoms with Crippen LogP contribution in [0.4, 0.5) is 4.39 Å². The van der Waals surface area contributed by atoms with Gasteiger partial charge >= 0.3 is 0 Å². The number of aryl methyl sites for hydroxylation is 1. The lowest BCUT2D eigenvalue weighted by molar-refractivity contribution is 0.605. The van der Waals surface area contributed by atoms with Crippen molar-refractivity contribution in [3.05, 3.63) is 28.9 Å². The molecule has 0 radical (unpaired) electrons. The van der Waals surface area contributed by atoms with Crippen molar-refractivity contribution >= 4 is 33.2 Å². The number of thioether (sulfide) groups is 1. The predicted molar refractivity (Wildman–Crippen MR) is 58.3 cm³/mol. The fraction of sp³-hybridized carbons (Fsp3) is 0.200. The van der Waals surface area contributed by atoms with Gasteiger partial charge in [-0.2, -0.15) is 0 Å². The Morgan fingerprint density at radius 2 is 2.23 bits per heavy atom. The normalized spacial score (nSPS) is 11.0. The van der Waals surface area contributed by atoms with E-state index in [0.717, 1.165) is 15.2 Å². The molecular formula is C10H9FS2. The van der Waals surface area contributed by atoms with E-state index in [4.69, 9.17) is 0 Å². The third-order valence-corrected chi connectivity index (χ3v) is 3.93. The van der Waals surface area contributed by atoms with Crippen molar-refractivity contribution < 1.29 is 4.39 Å². The summed E-state index contributed by atoms with van der Waals surface area (Å²) in [5, 5.41) is 3.19. The number of benzene rings is 1. The highest BCUT2D eigenvalue weighted by atomic mass is 32.2. The van der Waals surface area contributed by atoms with Crippen molar-refractivity contribution in [1.82, 2.24) is 0 Å². The molecule has 0 aliphatic heterocycles. The molecule has 0 aliphatic rings. The largest absolute Gasteiger partial charge is 0.206 e. The van der Waals surface area contributed by atoms with E-state index in [2.05, 4.69) is 6.07 Å². The van der Waals surface area contributed by atoms with Crippen LogP contribution in [0.3, 0.4) is 0 Å². The fourth-order valence-electron chi connectivity index (χ4n) is 1.43. The van der Waals surface area contributed by atoms with Crippen LogP contribution >= 0.6 is 23.1 Å². The fourth-order valence-corrected chi connectivity index (χ4v) is 3.27. The van der Waals surface area contributed by atoms with Gasteiger partial charge in [0.25, 0.3) is 0 Å². The second-order valence-electron chi connectivity index (χ2n) is 2.87. The van der Waals surface area contributed by atoms with Crippen LogP contribution in [-0.2, 0) is 0 Å². The summed E-state index contributed by atoms with van der Waals surface area (Å²) in [6.07, 6.45) is 1.91. The number of hydrogen-bond donors (Lipinski definition) is 0. The van der Waals surface area contributed by atoms with Crippen LogP contribution in [0.2, 0.25) is 0 Å². The smallest absolute Gasteiger partial charge is 0.138 e. The van der Waals surface area contributed by atoms with Crippen molar-refractivity contribution in [3.63, 3.8) is 0 Å². The number of thiophene rings is 1. The molecule has 0 bridgehead atoms. The standard InChI is InChI=1S/C10H9FS2/c1-6-5-8(11)10(12-2)9-7(6)3-4-13-9/h3-5H,1-2H3. The summed E-state index contributed by atoms with van der Waals surface area (Å²) in [4.78, 5) is 0.774. The van der Waals surface area contributed by atoms with Crippen LogP contribution in [0.1, 0.15) is 5.56 Å². The Hall–Kier alpha value is -0.540. The van der Waals surface area contributed by atoms with Gasteiger partial charge in [-0.15, -0.1) is 23.1 Å². The zero-order valence-electron chi connectivity index (χ0n) is 7.43. The monoisotopic (exact) mass is 212 g/mol. The van der Waals surface area contributed by atoms with Crippen molar-refractivity contribution in [2.24, 2.45) is 0 Å². The molecule has 0 aliphatic carbocycles. The highest BCUT2D eigenvalue weighted by Gasteiger charge is 2.09. The maximum absolute atomic E-state index is 13.4. The molecule has 1 aromatic carbocycles. The van der Waals surface area contributed by atoms with Gasteiger partial charge < -0.3 is 0 Å². The van der Waals surface area contributed by atoms with Gasteiger partial charge in [-0.05, 0) is 41.6 Å². The first kappa shape index (κ1) is 9.03. The van der Waals surface area contributed by atoms with Crippen molar-refractivity contribution in [3.8, 4) is 0 Å². The third-order valence-electron chi connectivity index (χ3n) is 2.06. The minimum absolute atomic E-state index is 0.0973. The molecule has 0 saturated carbocycles. The minimum atomic E-state index is -0.0973. The molecule has 3 heteroatoms. The van der Waals surface area contributed by atoms with Gasteiger partial charge in [0.2, 0.25) is 0 Å². The Morgan fingerprint density at radius 1 is 1.46 bits per heavy atom. The summed E-state index contributed by atoms with van der Waals surface area (Å²) in [6, 6.07) is 3.66. The molecule has 68 valence electrons. The second kappa shape index (κ2) is 3.31. The number of hydrogen-bond acceptors (Lipinski definition) is 2. The molecule has 0 spiro atoms. The van der Waals surface area contributed by atoms with E-state index in [1.54, 1.807) is 17.4 Å². The Balaban J connectivity index is 2.88. The molecular weight excluding hydrogens is 203 g/mol. The van der Waals surface area contributed by atoms with Crippen molar-refractivity contribution in [2.45, 2.75) is 11.8 Å². The first-order valence-corrected chi connectivity index (χ1v) is 6.04. The molecule has 0 N–H and O–H groups in total. The number of halogens is 1. The van der Waals surface area contributed by atoms with E-state index >= 15 is 0 Å². The summed E-state index contributed by atoms with van der Waals surface area (Å²) < 4.78 is 14.5. The van der Waals surface area contributed by atoms with Crippen LogP contribution in [0.5, 0.6) is 0 Å². The summed E-state index contributed by atoms with van der Waals surface area (Å²) in [7, 11) is 0. The van der Waals surface area contributed by atoms with E-state index < -0.39 is 0 Å². The van der Waals surface area contributed by atoms with Crippen LogP contribution in [0.25, 0.3) is 10.1 Å². The lowest BCUT2D eigenvalue weighted by Crippen LogP contribution is -1.83. The lowest BCUT2D eigenvalue weighted by Gasteiger charge is -2.03. The molecule has 0 amide bonds. The average molecular weight is 212 g/mol. The van der Waals surface area contributed by atoms with Gasteiger partial charge in [-0.1, -0.05) is 0 Å². The Morgan fingerprint density at radius 3 is 2.92 bits per heavy atom. The summed E-state index contributed by atoms with van der Waals surface area (Å²) >= 11 is 3.08. The molecule has 13 heavy (non-hydrogen) atoms. The van der Waals surface area contributed by atoms with E-state index in [9.17, 15) is 4.39 Å². The molecule has 0 nitrogen and oxygen atoms in total. The van der Waals surface area contributed by atoms with E-state index in [1.807, 2.05) is 18.6 Å². The van der Waals surface area contributed by atoms with Gasteiger partial charge in [-0.25, -0.2) is 4.39 Å². The topological polar surface area (TPSA) is 0 Å². The van der Waals surface area contributed by atoms with Gasteiger partial charge in [0, 0.05) is 0 Å². The quantitative estimate of drug-likeness (QED) is 0.642. The van der Waals surface area contributed by atoms with Gasteiger partial charge in [0.15, 0.2) is 0 Å². The summed E-state index contributed by atoms with van der Waals surface area (Å²) in [5.74, 6) is -0.0973. The molecule has 0 atom stereocenters. The molecule has 0 unspecified atom stereocenters. The van der Waals surface area contributed by atoms with E-state index in [-0.39, 0.29) is 5.82 Å². The molecule has 1 heterocycles. The SMILES string of the molecule is CSc1c(F)cc(C)c2ccsc12. The zero-order valence-corrected chi connectivity index (χ0v) is 9.06. The molecule has 0 fully saturated rings. The maximum Gasteiger partial charge on any atom is 0.138 e. The van der Waals surface area contributed by atoms with E-state index in [1.165, 1.54) is 17.1 Å². The first-order valence-electron chi connectivity index (χ1n) is 3.94. The first-order chi connectivity index (χ1) is 6.24. The van der Waals surface area contributed by atoms with Crippen molar-refractivity contribution in [2.75, 3.05) is 6.26 Å². The molecule has 0 saturated heterocycles. The van der Waals surface area contributed by atoms with Gasteiger partial charge in [-0.3, -0.25) is 0 Å². The van der Waals surface area contributed by atoms with Gasteiger partial charge in [0.05, 0.1) is 9.60 Å². The predicted octanol–water partition coefficient (Wildman–Crippen LogP) is 4.07. The Bertz CT molecular complexity index is 445. The van der Waals surface area contributed by atoms with Gasteiger partial charge in [0.1, 0.15) is 5.82 Å². The Kier molecular flexibility index (Phi) is 2.30. The van der Waals surface area contributed by atoms with Crippen LogP contribution in [0, 0.1) is 12.7 Å². The van der Waals surface area contributed by atoms with E-state index in [0.29, 0.717) is 0 Å². The highest BCUT2D eigenvalue weighted by Crippen LogP contribution is 2.34. The maximum atomic E-state index is 13.4.